The molecule has 0 bridgehead atoms. The number of rotatable bonds is 5. The van der Waals surface area contributed by atoms with Gasteiger partial charge in [0, 0.05) is 12.2 Å². The van der Waals surface area contributed by atoms with E-state index in [0.29, 0.717) is 12.8 Å². The lowest BCUT2D eigenvalue weighted by Crippen LogP contribution is -2.02. The molecule has 0 aromatic rings. The van der Waals surface area contributed by atoms with E-state index >= 15 is 0 Å². The Morgan fingerprint density at radius 1 is 0.875 bits per heavy atom. The van der Waals surface area contributed by atoms with Gasteiger partial charge in [0.15, 0.2) is 0 Å². The van der Waals surface area contributed by atoms with Gasteiger partial charge in [-0.2, -0.15) is 0 Å². The molecule has 0 aromatic heterocycles. The van der Waals surface area contributed by atoms with Crippen molar-refractivity contribution < 1.29 is 19.1 Å². The highest BCUT2D eigenvalue weighted by Gasteiger charge is 2.07. The van der Waals surface area contributed by atoms with Crippen molar-refractivity contribution in [3.63, 3.8) is 0 Å². The van der Waals surface area contributed by atoms with Crippen LogP contribution in [0.5, 0.6) is 0 Å². The number of methoxy groups -OCH3 is 2. The minimum absolute atomic E-state index is 0.416. The molecule has 0 N–H and O–H groups in total. The predicted octanol–water partition coefficient (Wildman–Crippen LogP) is 2.01. The Labute approximate surface area is 95.9 Å². The van der Waals surface area contributed by atoms with E-state index in [1.54, 1.807) is 0 Å². The first-order valence-electron chi connectivity index (χ1n) is 5.16. The Morgan fingerprint density at radius 3 is 1.38 bits per heavy atom. The van der Waals surface area contributed by atoms with E-state index in [4.69, 9.17) is 0 Å². The second-order valence-electron chi connectivity index (χ2n) is 3.09. The molecule has 0 heterocycles. The van der Waals surface area contributed by atoms with Crippen molar-refractivity contribution in [3.05, 3.63) is 23.3 Å². The van der Waals surface area contributed by atoms with Gasteiger partial charge >= 0.3 is 11.9 Å². The number of esters is 2. The van der Waals surface area contributed by atoms with Crippen LogP contribution in [0.2, 0.25) is 0 Å². The van der Waals surface area contributed by atoms with Gasteiger partial charge < -0.3 is 9.47 Å². The summed E-state index contributed by atoms with van der Waals surface area (Å²) in [5.74, 6) is -0.831. The van der Waals surface area contributed by atoms with Crippen molar-refractivity contribution in [2.24, 2.45) is 0 Å². The molecule has 0 spiro atoms. The van der Waals surface area contributed by atoms with Gasteiger partial charge in [-0.3, -0.25) is 0 Å². The largest absolute Gasteiger partial charge is 0.466 e. The number of carbonyl (C=O) groups excluding carboxylic acids is 2. The zero-order chi connectivity index (χ0) is 12.6. The first-order valence-corrected chi connectivity index (χ1v) is 5.16. The monoisotopic (exact) mass is 226 g/mol. The molecule has 0 atom stereocenters. The third-order valence-electron chi connectivity index (χ3n) is 2.16. The van der Waals surface area contributed by atoms with Crippen molar-refractivity contribution in [3.8, 4) is 0 Å². The van der Waals surface area contributed by atoms with Gasteiger partial charge in [-0.05, 0) is 24.0 Å². The summed E-state index contributed by atoms with van der Waals surface area (Å²) < 4.78 is 9.10. The zero-order valence-corrected chi connectivity index (χ0v) is 10.2. The van der Waals surface area contributed by atoms with Crippen LogP contribution in [-0.4, -0.2) is 26.2 Å². The first-order chi connectivity index (χ1) is 7.58. The predicted molar refractivity (Wildman–Crippen MR) is 60.8 cm³/mol. The molecule has 0 rings (SSSR count). The SMILES string of the molecule is CCC(=C/C(=O)OC)/C(=C\C(=O)OC)CC. The van der Waals surface area contributed by atoms with Crippen LogP contribution in [0.25, 0.3) is 0 Å². The van der Waals surface area contributed by atoms with E-state index in [-0.39, 0.29) is 0 Å². The molecule has 0 unspecified atom stereocenters. The van der Waals surface area contributed by atoms with Crippen molar-refractivity contribution in [1.82, 2.24) is 0 Å². The van der Waals surface area contributed by atoms with Gasteiger partial charge in [-0.1, -0.05) is 13.8 Å². The molecule has 0 aromatic carbocycles. The molecule has 0 amide bonds. The van der Waals surface area contributed by atoms with Gasteiger partial charge in [0.2, 0.25) is 0 Å². The van der Waals surface area contributed by atoms with Crippen molar-refractivity contribution in [1.29, 1.82) is 0 Å². The van der Waals surface area contributed by atoms with Gasteiger partial charge in [-0.25, -0.2) is 9.59 Å². The normalized spacial score (nSPS) is 12.2. The second kappa shape index (κ2) is 7.68. The maximum absolute atomic E-state index is 11.1. The molecule has 0 aliphatic carbocycles. The van der Waals surface area contributed by atoms with Gasteiger partial charge in [-0.15, -0.1) is 0 Å². The van der Waals surface area contributed by atoms with Crippen LogP contribution in [0.3, 0.4) is 0 Å². The van der Waals surface area contributed by atoms with Gasteiger partial charge in [0.25, 0.3) is 0 Å². The van der Waals surface area contributed by atoms with Crippen molar-refractivity contribution in [2.75, 3.05) is 14.2 Å². The molecule has 0 fully saturated rings. The summed E-state index contributed by atoms with van der Waals surface area (Å²) in [5, 5.41) is 0. The van der Waals surface area contributed by atoms with Crippen molar-refractivity contribution >= 4 is 11.9 Å². The number of hydrogen-bond donors (Lipinski definition) is 0. The zero-order valence-electron chi connectivity index (χ0n) is 10.2. The molecule has 0 radical (unpaired) electrons. The summed E-state index contributed by atoms with van der Waals surface area (Å²) >= 11 is 0. The maximum atomic E-state index is 11.1. The number of allylic oxidation sites excluding steroid dienone is 2. The summed E-state index contributed by atoms with van der Waals surface area (Å²) in [6.07, 6.45) is 4.12. The Bertz CT molecular complexity index is 281. The van der Waals surface area contributed by atoms with Crippen LogP contribution in [0.1, 0.15) is 26.7 Å². The quantitative estimate of drug-likeness (QED) is 0.409. The van der Waals surface area contributed by atoms with Crippen LogP contribution in [0.4, 0.5) is 0 Å². The Hall–Kier alpha value is -1.58. The summed E-state index contributed by atoms with van der Waals surface area (Å²) in [5.41, 5.74) is 1.58. The molecular formula is C12H18O4. The maximum Gasteiger partial charge on any atom is 0.330 e. The van der Waals surface area contributed by atoms with E-state index in [1.807, 2.05) is 13.8 Å². The molecule has 0 saturated carbocycles. The Kier molecular flexibility index (Phi) is 6.92. The Balaban J connectivity index is 5.04. The summed E-state index contributed by atoms with van der Waals surface area (Å²) in [6.45, 7) is 3.82. The lowest BCUT2D eigenvalue weighted by molar-refractivity contribution is -0.135. The van der Waals surface area contributed by atoms with Crippen LogP contribution >= 0.6 is 0 Å². The molecule has 4 heteroatoms. The van der Waals surface area contributed by atoms with E-state index in [0.717, 1.165) is 11.1 Å². The van der Waals surface area contributed by atoms with Crippen molar-refractivity contribution in [2.45, 2.75) is 26.7 Å². The average Bonchev–Trinajstić information content (AvgIpc) is 2.32. The van der Waals surface area contributed by atoms with Crippen LogP contribution in [-0.2, 0) is 19.1 Å². The number of ether oxygens (including phenoxy) is 2. The summed E-state index contributed by atoms with van der Waals surface area (Å²) in [7, 11) is 2.64. The van der Waals surface area contributed by atoms with Crippen LogP contribution in [0.15, 0.2) is 23.3 Å². The third-order valence-corrected chi connectivity index (χ3v) is 2.16. The second-order valence-corrected chi connectivity index (χ2v) is 3.09. The standard InChI is InChI=1S/C12H18O4/c1-5-9(7-11(13)15-3)10(6-2)8-12(14)16-4/h7-8H,5-6H2,1-4H3/b9-7-,10-8-. The summed E-state index contributed by atoms with van der Waals surface area (Å²) in [4.78, 5) is 22.2. The minimum Gasteiger partial charge on any atom is -0.466 e. The fourth-order valence-corrected chi connectivity index (χ4v) is 1.25. The van der Waals surface area contributed by atoms with E-state index < -0.39 is 11.9 Å². The average molecular weight is 226 g/mol. The van der Waals surface area contributed by atoms with E-state index in [1.165, 1.54) is 26.4 Å². The lowest BCUT2D eigenvalue weighted by Gasteiger charge is -2.07. The fraction of sp³-hybridized carbons (Fsp3) is 0.500. The fourth-order valence-electron chi connectivity index (χ4n) is 1.25. The minimum atomic E-state index is -0.416. The number of carbonyl (C=O) groups is 2. The lowest BCUT2D eigenvalue weighted by atomic mass is 10.0. The highest BCUT2D eigenvalue weighted by Crippen LogP contribution is 2.17. The van der Waals surface area contributed by atoms with Gasteiger partial charge in [0.05, 0.1) is 14.2 Å². The molecule has 90 valence electrons. The van der Waals surface area contributed by atoms with E-state index in [2.05, 4.69) is 9.47 Å². The molecule has 0 aliphatic rings. The highest BCUT2D eigenvalue weighted by molar-refractivity contribution is 5.86. The van der Waals surface area contributed by atoms with Gasteiger partial charge in [0.1, 0.15) is 0 Å². The van der Waals surface area contributed by atoms with E-state index in [9.17, 15) is 9.59 Å². The number of hydrogen-bond acceptors (Lipinski definition) is 4. The topological polar surface area (TPSA) is 52.6 Å². The van der Waals surface area contributed by atoms with Crippen LogP contribution in [0, 0.1) is 0 Å². The molecule has 16 heavy (non-hydrogen) atoms. The third kappa shape index (κ3) is 4.77. The molecule has 0 saturated heterocycles. The Morgan fingerprint density at radius 2 is 1.19 bits per heavy atom. The molecule has 0 aliphatic heterocycles. The first kappa shape index (κ1) is 14.4. The highest BCUT2D eigenvalue weighted by atomic mass is 16.5. The molecular weight excluding hydrogens is 208 g/mol. The molecule has 4 nitrogen and oxygen atoms in total. The van der Waals surface area contributed by atoms with Crippen LogP contribution < -0.4 is 0 Å². The summed E-state index contributed by atoms with van der Waals surface area (Å²) in [6, 6.07) is 0. The smallest absolute Gasteiger partial charge is 0.330 e.